The lowest BCUT2D eigenvalue weighted by Crippen LogP contribution is -2.26. The Kier molecular flexibility index (Phi) is 5.84. The monoisotopic (exact) mass is 300 g/mol. The lowest BCUT2D eigenvalue weighted by atomic mass is 10.1. The fraction of sp³-hybridized carbons (Fsp3) is 0.235. The first-order valence-corrected chi connectivity index (χ1v) is 7.88. The highest BCUT2D eigenvalue weighted by atomic mass is 32.2. The van der Waals surface area contributed by atoms with E-state index in [0.717, 1.165) is 21.9 Å². The Morgan fingerprint density at radius 1 is 1.14 bits per heavy atom. The molecule has 0 fully saturated rings. The van der Waals surface area contributed by atoms with Crippen LogP contribution in [0.3, 0.4) is 0 Å². The average Bonchev–Trinajstić information content (AvgIpc) is 2.50. The van der Waals surface area contributed by atoms with E-state index in [-0.39, 0.29) is 11.9 Å². The Morgan fingerprint density at radius 2 is 1.81 bits per heavy atom. The number of hydrogen-bond donors (Lipinski definition) is 2. The third-order valence-electron chi connectivity index (χ3n) is 3.10. The van der Waals surface area contributed by atoms with E-state index in [1.807, 2.05) is 49.4 Å². The number of carbonyl (C=O) groups excluding carboxylic acids is 1. The summed E-state index contributed by atoms with van der Waals surface area (Å²) in [5.41, 5.74) is 6.66. The third kappa shape index (κ3) is 4.92. The first-order valence-electron chi connectivity index (χ1n) is 7.06. The maximum Gasteiger partial charge on any atom is 0.225 e. The molecule has 2 aromatic rings. The van der Waals surface area contributed by atoms with Gasteiger partial charge in [0.25, 0.3) is 0 Å². The van der Waals surface area contributed by atoms with Gasteiger partial charge in [0.1, 0.15) is 0 Å². The van der Waals surface area contributed by atoms with E-state index in [0.29, 0.717) is 6.42 Å². The average molecular weight is 300 g/mol. The number of para-hydroxylation sites is 1. The molecule has 110 valence electrons. The summed E-state index contributed by atoms with van der Waals surface area (Å²) in [5.74, 6) is -0.0366. The molecule has 0 aliphatic carbocycles. The predicted molar refractivity (Wildman–Crippen MR) is 88.5 cm³/mol. The van der Waals surface area contributed by atoms with Crippen molar-refractivity contribution >= 4 is 23.4 Å². The van der Waals surface area contributed by atoms with Gasteiger partial charge in [-0.3, -0.25) is 4.79 Å². The van der Waals surface area contributed by atoms with Gasteiger partial charge in [-0.25, -0.2) is 0 Å². The summed E-state index contributed by atoms with van der Waals surface area (Å²) in [6.45, 7) is 1.98. The van der Waals surface area contributed by atoms with Crippen LogP contribution in [0, 0.1) is 0 Å². The van der Waals surface area contributed by atoms with Crippen molar-refractivity contribution in [3.63, 3.8) is 0 Å². The standard InChI is InChI=1S/C17H20N2OS/c1-2-13(18)12-17(20)19-15-10-6-7-11-16(15)21-14-8-4-3-5-9-14/h3-11,13H,2,12,18H2,1H3,(H,19,20). The predicted octanol–water partition coefficient (Wildman–Crippen LogP) is 3.90. The van der Waals surface area contributed by atoms with Crippen LogP contribution in [-0.4, -0.2) is 11.9 Å². The Labute approximate surface area is 129 Å². The molecule has 21 heavy (non-hydrogen) atoms. The van der Waals surface area contributed by atoms with Crippen LogP contribution in [0.25, 0.3) is 0 Å². The largest absolute Gasteiger partial charge is 0.327 e. The fourth-order valence-corrected chi connectivity index (χ4v) is 2.78. The van der Waals surface area contributed by atoms with Crippen LogP contribution < -0.4 is 11.1 Å². The second-order valence-electron chi connectivity index (χ2n) is 4.83. The molecule has 0 spiro atoms. The molecule has 4 heteroatoms. The van der Waals surface area contributed by atoms with Crippen LogP contribution in [0.5, 0.6) is 0 Å². The van der Waals surface area contributed by atoms with Gasteiger partial charge >= 0.3 is 0 Å². The molecule has 2 rings (SSSR count). The summed E-state index contributed by atoms with van der Waals surface area (Å²) in [6, 6.07) is 17.8. The number of nitrogens with one attached hydrogen (secondary N) is 1. The van der Waals surface area contributed by atoms with Crippen LogP contribution in [0.2, 0.25) is 0 Å². The van der Waals surface area contributed by atoms with Gasteiger partial charge in [0, 0.05) is 22.3 Å². The second-order valence-corrected chi connectivity index (χ2v) is 5.95. The minimum absolute atomic E-state index is 0.0366. The van der Waals surface area contributed by atoms with E-state index in [1.54, 1.807) is 11.8 Å². The van der Waals surface area contributed by atoms with E-state index in [1.165, 1.54) is 0 Å². The normalized spacial score (nSPS) is 11.9. The molecule has 1 unspecified atom stereocenters. The van der Waals surface area contributed by atoms with Crippen molar-refractivity contribution in [2.75, 3.05) is 5.32 Å². The second kappa shape index (κ2) is 7.86. The molecule has 0 aliphatic rings. The molecule has 0 radical (unpaired) electrons. The molecule has 0 aromatic heterocycles. The van der Waals surface area contributed by atoms with Crippen molar-refractivity contribution in [1.82, 2.24) is 0 Å². The highest BCUT2D eigenvalue weighted by molar-refractivity contribution is 7.99. The molecule has 2 aromatic carbocycles. The van der Waals surface area contributed by atoms with Crippen LogP contribution in [0.15, 0.2) is 64.4 Å². The van der Waals surface area contributed by atoms with Gasteiger partial charge in [-0.2, -0.15) is 0 Å². The summed E-state index contributed by atoms with van der Waals surface area (Å²) >= 11 is 1.63. The molecule has 3 N–H and O–H groups in total. The van der Waals surface area contributed by atoms with Gasteiger partial charge in [-0.05, 0) is 30.7 Å². The lowest BCUT2D eigenvalue weighted by molar-refractivity contribution is -0.116. The Morgan fingerprint density at radius 3 is 2.52 bits per heavy atom. The number of rotatable bonds is 6. The summed E-state index contributed by atoms with van der Waals surface area (Å²) in [4.78, 5) is 14.2. The Hall–Kier alpha value is -1.78. The zero-order valence-electron chi connectivity index (χ0n) is 12.1. The number of amides is 1. The summed E-state index contributed by atoms with van der Waals surface area (Å²) in [7, 11) is 0. The maximum absolute atomic E-state index is 12.0. The number of anilines is 1. The topological polar surface area (TPSA) is 55.1 Å². The molecule has 1 atom stereocenters. The molecule has 3 nitrogen and oxygen atoms in total. The molecule has 1 amide bonds. The van der Waals surface area contributed by atoms with E-state index in [9.17, 15) is 4.79 Å². The van der Waals surface area contributed by atoms with E-state index in [4.69, 9.17) is 5.73 Å². The zero-order chi connectivity index (χ0) is 15.1. The Bertz CT molecular complexity index is 586. The van der Waals surface area contributed by atoms with Crippen molar-refractivity contribution < 1.29 is 4.79 Å². The van der Waals surface area contributed by atoms with Gasteiger partial charge < -0.3 is 11.1 Å². The van der Waals surface area contributed by atoms with Crippen LogP contribution in [-0.2, 0) is 4.79 Å². The molecule has 0 aliphatic heterocycles. The zero-order valence-corrected chi connectivity index (χ0v) is 12.9. The summed E-state index contributed by atoms with van der Waals surface area (Å²) in [5, 5.41) is 2.96. The number of benzene rings is 2. The van der Waals surface area contributed by atoms with E-state index >= 15 is 0 Å². The summed E-state index contributed by atoms with van der Waals surface area (Å²) in [6.07, 6.45) is 1.15. The van der Waals surface area contributed by atoms with Crippen LogP contribution in [0.4, 0.5) is 5.69 Å². The molecular formula is C17H20N2OS. The SMILES string of the molecule is CCC(N)CC(=O)Nc1ccccc1Sc1ccccc1. The maximum atomic E-state index is 12.0. The molecule has 0 bridgehead atoms. The molecule has 0 heterocycles. The van der Waals surface area contributed by atoms with Gasteiger partial charge in [0.05, 0.1) is 5.69 Å². The van der Waals surface area contributed by atoms with Crippen molar-refractivity contribution in [2.24, 2.45) is 5.73 Å². The van der Waals surface area contributed by atoms with Gasteiger partial charge in [-0.1, -0.05) is 49.0 Å². The van der Waals surface area contributed by atoms with Crippen molar-refractivity contribution in [3.05, 3.63) is 54.6 Å². The van der Waals surface area contributed by atoms with Crippen LogP contribution in [0.1, 0.15) is 19.8 Å². The minimum Gasteiger partial charge on any atom is -0.327 e. The molecule has 0 saturated carbocycles. The third-order valence-corrected chi connectivity index (χ3v) is 4.19. The van der Waals surface area contributed by atoms with Gasteiger partial charge in [0.15, 0.2) is 0 Å². The Balaban J connectivity index is 2.08. The van der Waals surface area contributed by atoms with Crippen molar-refractivity contribution in [3.8, 4) is 0 Å². The molecule has 0 saturated heterocycles. The lowest BCUT2D eigenvalue weighted by Gasteiger charge is -2.12. The van der Waals surface area contributed by atoms with Gasteiger partial charge in [-0.15, -0.1) is 0 Å². The van der Waals surface area contributed by atoms with Gasteiger partial charge in [0.2, 0.25) is 5.91 Å². The van der Waals surface area contributed by atoms with E-state index < -0.39 is 0 Å². The highest BCUT2D eigenvalue weighted by Gasteiger charge is 2.10. The first kappa shape index (κ1) is 15.6. The number of hydrogen-bond acceptors (Lipinski definition) is 3. The highest BCUT2D eigenvalue weighted by Crippen LogP contribution is 2.33. The van der Waals surface area contributed by atoms with E-state index in [2.05, 4.69) is 17.4 Å². The van der Waals surface area contributed by atoms with Crippen LogP contribution >= 0.6 is 11.8 Å². The summed E-state index contributed by atoms with van der Waals surface area (Å²) < 4.78 is 0. The van der Waals surface area contributed by atoms with Crippen molar-refractivity contribution in [2.45, 2.75) is 35.6 Å². The number of nitrogens with two attached hydrogens (primary N) is 1. The fourth-order valence-electron chi connectivity index (χ4n) is 1.86. The minimum atomic E-state index is -0.0843. The molecular weight excluding hydrogens is 280 g/mol. The quantitative estimate of drug-likeness (QED) is 0.850. The first-order chi connectivity index (χ1) is 10.2. The number of carbonyl (C=O) groups is 1. The van der Waals surface area contributed by atoms with Crippen molar-refractivity contribution in [1.29, 1.82) is 0 Å². The smallest absolute Gasteiger partial charge is 0.225 e.